The number of nitrogen functional groups attached to an aromatic ring is 1. The van der Waals surface area contributed by atoms with Gasteiger partial charge in [0.1, 0.15) is 29.1 Å². The molecule has 2 rings (SSSR count). The summed E-state index contributed by atoms with van der Waals surface area (Å²) in [4.78, 5) is 8.13. The Bertz CT molecular complexity index is 588. The minimum absolute atomic E-state index is 0.115. The lowest BCUT2D eigenvalue weighted by atomic mass is 10.2. The Balaban J connectivity index is 2.14. The summed E-state index contributed by atoms with van der Waals surface area (Å²) in [5.41, 5.74) is 2.62. The van der Waals surface area contributed by atoms with E-state index in [9.17, 15) is 8.78 Å². The number of benzene rings is 1. The van der Waals surface area contributed by atoms with E-state index >= 15 is 0 Å². The number of nitrogens with two attached hydrogens (primary N) is 1. The lowest BCUT2D eigenvalue weighted by Crippen LogP contribution is -2.11. The number of halogens is 2. The van der Waals surface area contributed by atoms with Crippen LogP contribution in [0.4, 0.5) is 20.4 Å². The Hall–Kier alpha value is -2.28. The summed E-state index contributed by atoms with van der Waals surface area (Å²) < 4.78 is 26.4. The quantitative estimate of drug-likeness (QED) is 0.582. The second kappa shape index (κ2) is 5.57. The van der Waals surface area contributed by atoms with Crippen molar-refractivity contribution >= 4 is 11.6 Å². The first-order valence-electron chi connectivity index (χ1n) is 5.58. The van der Waals surface area contributed by atoms with E-state index in [2.05, 4.69) is 20.7 Å². The van der Waals surface area contributed by atoms with Crippen molar-refractivity contribution in [3.05, 3.63) is 47.3 Å². The van der Waals surface area contributed by atoms with E-state index in [0.29, 0.717) is 17.5 Å². The molecule has 7 heteroatoms. The highest BCUT2D eigenvalue weighted by Crippen LogP contribution is 2.14. The molecule has 4 N–H and O–H groups in total. The minimum Gasteiger partial charge on any atom is -0.366 e. The van der Waals surface area contributed by atoms with Crippen LogP contribution >= 0.6 is 0 Å². The normalized spacial score (nSPS) is 10.3. The van der Waals surface area contributed by atoms with Crippen molar-refractivity contribution in [3.8, 4) is 0 Å². The molecule has 0 aliphatic carbocycles. The van der Waals surface area contributed by atoms with Crippen LogP contribution in [-0.4, -0.2) is 9.97 Å². The summed E-state index contributed by atoms with van der Waals surface area (Å²) in [6.45, 7) is 1.82. The zero-order chi connectivity index (χ0) is 13.8. The highest BCUT2D eigenvalue weighted by molar-refractivity contribution is 5.47. The maximum atomic E-state index is 13.4. The van der Waals surface area contributed by atoms with Crippen LogP contribution in [0.3, 0.4) is 0 Å². The van der Waals surface area contributed by atoms with Gasteiger partial charge in [0, 0.05) is 18.2 Å². The molecular weight excluding hydrogens is 252 g/mol. The van der Waals surface area contributed by atoms with Gasteiger partial charge in [0.2, 0.25) is 0 Å². The fraction of sp³-hybridized carbons (Fsp3) is 0.167. The summed E-state index contributed by atoms with van der Waals surface area (Å²) in [7, 11) is 0. The van der Waals surface area contributed by atoms with E-state index < -0.39 is 11.6 Å². The molecule has 5 nitrogen and oxygen atoms in total. The molecule has 0 bridgehead atoms. The molecule has 0 aliphatic heterocycles. The van der Waals surface area contributed by atoms with Crippen molar-refractivity contribution < 1.29 is 8.78 Å². The van der Waals surface area contributed by atoms with Gasteiger partial charge in [-0.05, 0) is 25.1 Å². The summed E-state index contributed by atoms with van der Waals surface area (Å²) in [5.74, 6) is 5.73. The Morgan fingerprint density at radius 1 is 1.16 bits per heavy atom. The first kappa shape index (κ1) is 13.2. The molecule has 0 atom stereocenters. The van der Waals surface area contributed by atoms with Crippen LogP contribution in [0.25, 0.3) is 0 Å². The minimum atomic E-state index is -0.485. The lowest BCUT2D eigenvalue weighted by Gasteiger charge is -2.09. The molecule has 0 radical (unpaired) electrons. The number of hydrogen-bond donors (Lipinski definition) is 3. The first-order chi connectivity index (χ1) is 9.08. The maximum Gasteiger partial charge on any atom is 0.145 e. The van der Waals surface area contributed by atoms with Crippen LogP contribution in [0.1, 0.15) is 11.4 Å². The molecule has 19 heavy (non-hydrogen) atoms. The van der Waals surface area contributed by atoms with Crippen molar-refractivity contribution in [2.45, 2.75) is 13.5 Å². The largest absolute Gasteiger partial charge is 0.366 e. The Kier molecular flexibility index (Phi) is 3.86. The number of rotatable bonds is 4. The van der Waals surface area contributed by atoms with Gasteiger partial charge in [0.05, 0.1) is 0 Å². The molecule has 1 heterocycles. The second-order valence-corrected chi connectivity index (χ2v) is 3.92. The van der Waals surface area contributed by atoms with E-state index in [1.54, 1.807) is 13.0 Å². The van der Waals surface area contributed by atoms with Gasteiger partial charge in [-0.2, -0.15) is 0 Å². The third kappa shape index (κ3) is 3.35. The zero-order valence-corrected chi connectivity index (χ0v) is 10.2. The molecule has 0 saturated carbocycles. The van der Waals surface area contributed by atoms with Gasteiger partial charge in [-0.3, -0.25) is 0 Å². The average molecular weight is 265 g/mol. The Morgan fingerprint density at radius 2 is 1.89 bits per heavy atom. The SMILES string of the molecule is Cc1nc(NN)cc(NCc2cc(F)ccc2F)n1. The van der Waals surface area contributed by atoms with Gasteiger partial charge < -0.3 is 10.7 Å². The summed E-state index contributed by atoms with van der Waals surface area (Å²) >= 11 is 0. The molecule has 0 unspecified atom stereocenters. The van der Waals surface area contributed by atoms with Crippen LogP contribution in [0.2, 0.25) is 0 Å². The summed E-state index contributed by atoms with van der Waals surface area (Å²) in [6, 6.07) is 4.87. The number of hydrazine groups is 1. The molecule has 0 saturated heterocycles. The van der Waals surface area contributed by atoms with Crippen molar-refractivity contribution in [3.63, 3.8) is 0 Å². The number of aryl methyl sites for hydroxylation is 1. The van der Waals surface area contributed by atoms with Crippen molar-refractivity contribution in [2.75, 3.05) is 10.7 Å². The van der Waals surface area contributed by atoms with Gasteiger partial charge in [-0.25, -0.2) is 24.6 Å². The fourth-order valence-corrected chi connectivity index (χ4v) is 1.60. The third-order valence-electron chi connectivity index (χ3n) is 2.45. The average Bonchev–Trinajstić information content (AvgIpc) is 2.39. The topological polar surface area (TPSA) is 75.9 Å². The van der Waals surface area contributed by atoms with Gasteiger partial charge >= 0.3 is 0 Å². The van der Waals surface area contributed by atoms with Gasteiger partial charge in [-0.15, -0.1) is 0 Å². The van der Waals surface area contributed by atoms with E-state index in [0.717, 1.165) is 18.2 Å². The second-order valence-electron chi connectivity index (χ2n) is 3.92. The maximum absolute atomic E-state index is 13.4. The van der Waals surface area contributed by atoms with Crippen LogP contribution in [0.5, 0.6) is 0 Å². The number of aromatic nitrogens is 2. The Morgan fingerprint density at radius 3 is 2.63 bits per heavy atom. The third-order valence-corrected chi connectivity index (χ3v) is 2.45. The van der Waals surface area contributed by atoms with Crippen molar-refractivity contribution in [1.29, 1.82) is 0 Å². The molecule has 0 amide bonds. The predicted molar refractivity (Wildman–Crippen MR) is 68.3 cm³/mol. The van der Waals surface area contributed by atoms with Crippen LogP contribution in [0.15, 0.2) is 24.3 Å². The van der Waals surface area contributed by atoms with Crippen LogP contribution in [-0.2, 0) is 6.54 Å². The molecule has 0 fully saturated rings. The fourth-order valence-electron chi connectivity index (χ4n) is 1.60. The van der Waals surface area contributed by atoms with Crippen molar-refractivity contribution in [1.82, 2.24) is 9.97 Å². The molecule has 0 aliphatic rings. The number of nitrogens with zero attached hydrogens (tertiary/aromatic N) is 2. The first-order valence-corrected chi connectivity index (χ1v) is 5.58. The Labute approximate surface area is 108 Å². The zero-order valence-electron chi connectivity index (χ0n) is 10.2. The molecular formula is C12H13F2N5. The van der Waals surface area contributed by atoms with E-state index in [4.69, 9.17) is 5.84 Å². The number of hydrogen-bond acceptors (Lipinski definition) is 5. The van der Waals surface area contributed by atoms with Crippen molar-refractivity contribution in [2.24, 2.45) is 5.84 Å². The van der Waals surface area contributed by atoms with E-state index in [1.165, 1.54) is 0 Å². The smallest absolute Gasteiger partial charge is 0.145 e. The van der Waals surface area contributed by atoms with E-state index in [-0.39, 0.29) is 12.1 Å². The number of anilines is 2. The molecule has 100 valence electrons. The molecule has 0 spiro atoms. The molecule has 2 aromatic rings. The highest BCUT2D eigenvalue weighted by atomic mass is 19.1. The molecule has 1 aromatic heterocycles. The van der Waals surface area contributed by atoms with Gasteiger partial charge in [0.15, 0.2) is 0 Å². The summed E-state index contributed by atoms with van der Waals surface area (Å²) in [6.07, 6.45) is 0. The highest BCUT2D eigenvalue weighted by Gasteiger charge is 2.05. The molecule has 1 aromatic carbocycles. The standard InChI is InChI=1S/C12H13F2N5/c1-7-17-11(5-12(18-7)19-15)16-6-8-4-9(13)2-3-10(8)14/h2-5H,6,15H2,1H3,(H2,16,17,18,19). The van der Waals surface area contributed by atoms with Crippen LogP contribution < -0.4 is 16.6 Å². The predicted octanol–water partition coefficient (Wildman–Crippen LogP) is 1.96. The lowest BCUT2D eigenvalue weighted by molar-refractivity contribution is 0.587. The van der Waals surface area contributed by atoms with Gasteiger partial charge in [0.25, 0.3) is 0 Å². The van der Waals surface area contributed by atoms with E-state index in [1.807, 2.05) is 0 Å². The van der Waals surface area contributed by atoms with Crippen LogP contribution in [0, 0.1) is 18.6 Å². The summed E-state index contributed by atoms with van der Waals surface area (Å²) in [5, 5.41) is 2.89. The monoisotopic (exact) mass is 265 g/mol. The van der Waals surface area contributed by atoms with Gasteiger partial charge in [-0.1, -0.05) is 0 Å². The number of nitrogens with one attached hydrogen (secondary N) is 2.